The molecule has 28 heavy (non-hydrogen) atoms. The fraction of sp³-hybridized carbons (Fsp3) is 0.100. The number of aromatic amines is 2. The smallest absolute Gasteiger partial charge is 0.335 e. The summed E-state index contributed by atoms with van der Waals surface area (Å²) in [6.07, 6.45) is 1.03. The van der Waals surface area contributed by atoms with Crippen LogP contribution in [0.5, 0.6) is 0 Å². The number of rotatable bonds is 4. The number of H-pyrrole nitrogens is 2. The van der Waals surface area contributed by atoms with Crippen LogP contribution in [0.15, 0.2) is 53.2 Å². The molecule has 0 fully saturated rings. The van der Waals surface area contributed by atoms with Crippen molar-refractivity contribution in [3.05, 3.63) is 63.7 Å². The number of carbonyl (C=O) groups is 1. The molecule has 0 spiro atoms. The maximum atomic E-state index is 11.0. The van der Waals surface area contributed by atoms with E-state index in [1.165, 1.54) is 4.88 Å². The zero-order chi connectivity index (χ0) is 19.5. The first kappa shape index (κ1) is 18.4. The van der Waals surface area contributed by atoms with Crippen molar-refractivity contribution in [3.63, 3.8) is 0 Å². The molecule has 1 aromatic carbocycles. The molecule has 0 saturated heterocycles. The molecule has 5 rings (SSSR count). The Hall–Kier alpha value is -2.94. The third-order valence-electron chi connectivity index (χ3n) is 4.26. The highest BCUT2D eigenvalue weighted by molar-refractivity contribution is 7.17. The van der Waals surface area contributed by atoms with Gasteiger partial charge in [-0.15, -0.1) is 22.7 Å². The summed E-state index contributed by atoms with van der Waals surface area (Å²) in [5.74, 6) is -0.927. The number of benzene rings is 1. The molecule has 0 aliphatic rings. The summed E-state index contributed by atoms with van der Waals surface area (Å²) in [5.41, 5.74) is 9.16. The van der Waals surface area contributed by atoms with Crippen LogP contribution >= 0.6 is 22.7 Å². The quantitative estimate of drug-likeness (QED) is 0.344. The second kappa shape index (κ2) is 7.97. The summed E-state index contributed by atoms with van der Waals surface area (Å²) >= 11 is 3.39. The van der Waals surface area contributed by atoms with Crippen LogP contribution in [0.1, 0.15) is 15.2 Å². The van der Waals surface area contributed by atoms with Crippen LogP contribution in [0.4, 0.5) is 0 Å². The maximum Gasteiger partial charge on any atom is 0.335 e. The van der Waals surface area contributed by atoms with Crippen molar-refractivity contribution in [1.29, 1.82) is 0 Å². The van der Waals surface area contributed by atoms with E-state index < -0.39 is 5.97 Å². The van der Waals surface area contributed by atoms with E-state index >= 15 is 0 Å². The lowest BCUT2D eigenvalue weighted by atomic mass is 10.1. The number of aromatic nitrogens is 3. The maximum absolute atomic E-state index is 11.0. The van der Waals surface area contributed by atoms with Crippen molar-refractivity contribution in [2.75, 3.05) is 6.54 Å². The van der Waals surface area contributed by atoms with Crippen LogP contribution in [0.3, 0.4) is 0 Å². The Morgan fingerprint density at radius 1 is 1.11 bits per heavy atom. The number of hydrogen-bond donors (Lipinski definition) is 4. The van der Waals surface area contributed by atoms with Crippen molar-refractivity contribution in [3.8, 4) is 11.4 Å². The zero-order valence-corrected chi connectivity index (χ0v) is 16.4. The fourth-order valence-corrected chi connectivity index (χ4v) is 4.49. The number of thiophene rings is 2. The van der Waals surface area contributed by atoms with Gasteiger partial charge in [-0.2, -0.15) is 5.10 Å². The molecule has 4 heterocycles. The van der Waals surface area contributed by atoms with Gasteiger partial charge in [0.2, 0.25) is 0 Å². The monoisotopic (exact) mass is 410 g/mol. The first-order valence-corrected chi connectivity index (χ1v) is 10.4. The summed E-state index contributed by atoms with van der Waals surface area (Å²) in [7, 11) is 0. The molecule has 0 saturated carbocycles. The first-order chi connectivity index (χ1) is 13.7. The summed E-state index contributed by atoms with van der Waals surface area (Å²) in [5, 5.41) is 21.4. The van der Waals surface area contributed by atoms with Gasteiger partial charge in [0.05, 0.1) is 21.5 Å². The van der Waals surface area contributed by atoms with Gasteiger partial charge in [-0.25, -0.2) is 4.79 Å². The predicted octanol–water partition coefficient (Wildman–Crippen LogP) is 4.72. The third kappa shape index (κ3) is 3.70. The number of nitrogens with two attached hydrogens (primary N) is 1. The van der Waals surface area contributed by atoms with Crippen LogP contribution in [-0.2, 0) is 6.42 Å². The van der Waals surface area contributed by atoms with E-state index in [0.29, 0.717) is 0 Å². The largest absolute Gasteiger partial charge is 0.478 e. The van der Waals surface area contributed by atoms with E-state index in [2.05, 4.69) is 32.7 Å². The van der Waals surface area contributed by atoms with E-state index in [-0.39, 0.29) is 5.56 Å². The van der Waals surface area contributed by atoms with Crippen LogP contribution in [-0.4, -0.2) is 32.8 Å². The molecular weight excluding hydrogens is 392 g/mol. The van der Waals surface area contributed by atoms with Gasteiger partial charge in [0.15, 0.2) is 0 Å². The van der Waals surface area contributed by atoms with E-state index in [1.807, 2.05) is 17.5 Å². The van der Waals surface area contributed by atoms with Crippen LogP contribution < -0.4 is 5.73 Å². The molecule has 0 unspecified atom stereocenters. The predicted molar refractivity (Wildman–Crippen MR) is 115 cm³/mol. The lowest BCUT2D eigenvalue weighted by Crippen LogP contribution is -2.00. The minimum absolute atomic E-state index is 0.272. The third-order valence-corrected chi connectivity index (χ3v) is 6.12. The minimum atomic E-state index is -0.927. The second-order valence-corrected chi connectivity index (χ2v) is 8.09. The number of nitrogens with one attached hydrogen (secondary N) is 2. The van der Waals surface area contributed by atoms with Crippen LogP contribution in [0.2, 0.25) is 0 Å². The summed E-state index contributed by atoms with van der Waals surface area (Å²) in [6, 6.07) is 13.2. The van der Waals surface area contributed by atoms with Crippen molar-refractivity contribution in [1.82, 2.24) is 15.2 Å². The van der Waals surface area contributed by atoms with E-state index in [9.17, 15) is 4.79 Å². The van der Waals surface area contributed by atoms with Gasteiger partial charge >= 0.3 is 5.97 Å². The van der Waals surface area contributed by atoms with E-state index in [4.69, 9.17) is 10.8 Å². The van der Waals surface area contributed by atoms with E-state index in [0.717, 1.165) is 45.5 Å². The normalized spacial score (nSPS) is 10.9. The van der Waals surface area contributed by atoms with Gasteiger partial charge < -0.3 is 15.8 Å². The zero-order valence-electron chi connectivity index (χ0n) is 14.8. The molecule has 6 nitrogen and oxygen atoms in total. The lowest BCUT2D eigenvalue weighted by molar-refractivity contribution is 0.0697. The van der Waals surface area contributed by atoms with Gasteiger partial charge in [0.1, 0.15) is 5.69 Å². The average Bonchev–Trinajstić information content (AvgIpc) is 3.45. The molecule has 5 N–H and O–H groups in total. The molecule has 8 heteroatoms. The number of carboxylic acids is 1. The molecule has 0 amide bonds. The van der Waals surface area contributed by atoms with Crippen LogP contribution in [0.25, 0.3) is 32.5 Å². The van der Waals surface area contributed by atoms with Crippen molar-refractivity contribution >= 4 is 49.8 Å². The highest BCUT2D eigenvalue weighted by Gasteiger charge is 2.12. The topological polar surface area (TPSA) is 108 Å². The SMILES string of the molecule is NCCc1cccs1.O=C(O)c1ccc2cc(-c3n[nH]c4ccsc34)[nH]c2c1. The number of carboxylic acid groups (broad SMARTS) is 1. The van der Waals surface area contributed by atoms with Gasteiger partial charge in [0, 0.05) is 15.8 Å². The Labute approximate surface area is 168 Å². The Bertz CT molecular complexity index is 1220. The molecule has 0 atom stereocenters. The molecular formula is C20H18N4O2S2. The minimum Gasteiger partial charge on any atom is -0.478 e. The Balaban J connectivity index is 0.000000203. The lowest BCUT2D eigenvalue weighted by Gasteiger charge is -1.93. The molecule has 0 bridgehead atoms. The number of nitrogens with zero attached hydrogens (tertiary/aromatic N) is 1. The highest BCUT2D eigenvalue weighted by Crippen LogP contribution is 2.31. The first-order valence-electron chi connectivity index (χ1n) is 8.66. The Morgan fingerprint density at radius 2 is 2.00 bits per heavy atom. The number of fused-ring (bicyclic) bond motifs is 2. The number of hydrogen-bond acceptors (Lipinski definition) is 5. The Morgan fingerprint density at radius 3 is 2.75 bits per heavy atom. The van der Waals surface area contributed by atoms with Gasteiger partial charge in [0.25, 0.3) is 0 Å². The Kier molecular flexibility index (Phi) is 5.25. The second-order valence-electron chi connectivity index (χ2n) is 6.14. The molecule has 4 aromatic heterocycles. The average molecular weight is 411 g/mol. The van der Waals surface area contributed by atoms with Crippen molar-refractivity contribution in [2.24, 2.45) is 5.73 Å². The standard InChI is InChI=1S/C14H9N3O2S.C6H9NS/c18-14(19)8-2-1-7-5-11(15-10(7)6-8)12-13-9(16-17-12)3-4-20-13;7-4-3-6-2-1-5-8-6/h1-6,15H,(H,16,17)(H,18,19);1-2,5H,3-4,7H2. The molecule has 5 aromatic rings. The summed E-state index contributed by atoms with van der Waals surface area (Å²) in [6.45, 7) is 0.764. The van der Waals surface area contributed by atoms with Gasteiger partial charge in [-0.05, 0) is 54.1 Å². The van der Waals surface area contributed by atoms with Crippen molar-refractivity contribution < 1.29 is 9.90 Å². The van der Waals surface area contributed by atoms with Gasteiger partial charge in [-0.3, -0.25) is 5.10 Å². The number of aromatic carboxylic acids is 1. The fourth-order valence-electron chi connectivity index (χ4n) is 2.91. The van der Waals surface area contributed by atoms with Crippen LogP contribution in [0, 0.1) is 0 Å². The van der Waals surface area contributed by atoms with Crippen molar-refractivity contribution in [2.45, 2.75) is 6.42 Å². The summed E-state index contributed by atoms with van der Waals surface area (Å²) in [4.78, 5) is 15.6. The van der Waals surface area contributed by atoms with E-state index in [1.54, 1.807) is 40.9 Å². The highest BCUT2D eigenvalue weighted by atomic mass is 32.1. The molecule has 142 valence electrons. The molecule has 0 aliphatic heterocycles. The van der Waals surface area contributed by atoms with Gasteiger partial charge in [-0.1, -0.05) is 12.1 Å². The summed E-state index contributed by atoms with van der Waals surface area (Å²) < 4.78 is 1.09. The molecule has 0 radical (unpaired) electrons. The molecule has 0 aliphatic carbocycles.